The van der Waals surface area contributed by atoms with Crippen LogP contribution in [0, 0.1) is 6.92 Å². The zero-order valence-electron chi connectivity index (χ0n) is 20.7. The molecule has 0 unspecified atom stereocenters. The lowest BCUT2D eigenvalue weighted by molar-refractivity contribution is -0.121. The highest BCUT2D eigenvalue weighted by molar-refractivity contribution is 6.76. The first-order chi connectivity index (χ1) is 16.2. The van der Waals surface area contributed by atoms with E-state index in [4.69, 9.17) is 9.72 Å². The molecular formula is C24H36N6O3Si. The van der Waals surface area contributed by atoms with Crippen LogP contribution in [0.1, 0.15) is 49.8 Å². The van der Waals surface area contributed by atoms with E-state index in [1.165, 1.54) is 0 Å². The number of amides is 1. The van der Waals surface area contributed by atoms with Crippen molar-refractivity contribution in [1.82, 2.24) is 19.7 Å². The SMILES string of the molecule is Cc1nn(COCC[Si](C)(C)C)cc1Nc1ncc2c(n1)N([C@@H]1CCC[C@@H](O)C1)C(=O)C21CC1. The fourth-order valence-corrected chi connectivity index (χ4v) is 5.84. The molecule has 2 aromatic heterocycles. The predicted molar refractivity (Wildman–Crippen MR) is 133 cm³/mol. The highest BCUT2D eigenvalue weighted by Gasteiger charge is 2.61. The number of ether oxygens (including phenoxy) is 1. The Balaban J connectivity index is 1.32. The molecule has 2 N–H and O–H groups in total. The van der Waals surface area contributed by atoms with Crippen LogP contribution in [-0.4, -0.2) is 57.6 Å². The molecule has 3 heterocycles. The van der Waals surface area contributed by atoms with Gasteiger partial charge in [0.25, 0.3) is 0 Å². The van der Waals surface area contributed by atoms with Crippen LogP contribution in [-0.2, 0) is 21.7 Å². The Morgan fingerprint density at radius 1 is 1.29 bits per heavy atom. The van der Waals surface area contributed by atoms with E-state index in [1.807, 2.05) is 24.2 Å². The Morgan fingerprint density at radius 3 is 2.79 bits per heavy atom. The van der Waals surface area contributed by atoms with Gasteiger partial charge < -0.3 is 15.2 Å². The summed E-state index contributed by atoms with van der Waals surface area (Å²) in [6.45, 7) is 10.1. The van der Waals surface area contributed by atoms with Crippen molar-refractivity contribution in [3.8, 4) is 0 Å². The summed E-state index contributed by atoms with van der Waals surface area (Å²) in [6, 6.07) is 1.12. The molecule has 1 amide bonds. The van der Waals surface area contributed by atoms with Crippen molar-refractivity contribution in [1.29, 1.82) is 0 Å². The number of aryl methyl sites for hydroxylation is 1. The third-order valence-corrected chi connectivity index (χ3v) is 8.99. The van der Waals surface area contributed by atoms with Crippen molar-refractivity contribution in [2.45, 2.75) is 95.4 Å². The lowest BCUT2D eigenvalue weighted by atomic mass is 9.92. The van der Waals surface area contributed by atoms with Gasteiger partial charge in [-0.2, -0.15) is 10.1 Å². The number of aliphatic hydroxyl groups is 1. The van der Waals surface area contributed by atoms with E-state index in [0.29, 0.717) is 24.9 Å². The number of carbonyl (C=O) groups is 1. The summed E-state index contributed by atoms with van der Waals surface area (Å²) in [5, 5.41) is 18.1. The molecule has 9 nitrogen and oxygen atoms in total. The average Bonchev–Trinajstić information content (AvgIpc) is 3.45. The second kappa shape index (κ2) is 8.73. The predicted octanol–water partition coefficient (Wildman–Crippen LogP) is 3.72. The summed E-state index contributed by atoms with van der Waals surface area (Å²) in [4.78, 5) is 24.6. The molecule has 34 heavy (non-hydrogen) atoms. The van der Waals surface area contributed by atoms with Gasteiger partial charge in [-0.25, -0.2) is 9.67 Å². The maximum Gasteiger partial charge on any atom is 0.239 e. The molecule has 3 aliphatic rings. The Bertz CT molecular complexity index is 1080. The molecule has 184 valence electrons. The molecule has 0 saturated heterocycles. The molecule has 2 saturated carbocycles. The molecular weight excluding hydrogens is 448 g/mol. The minimum Gasteiger partial charge on any atom is -0.393 e. The number of aliphatic hydroxyl groups excluding tert-OH is 1. The van der Waals surface area contributed by atoms with E-state index in [-0.39, 0.29) is 18.1 Å². The molecule has 2 aromatic rings. The van der Waals surface area contributed by atoms with Crippen LogP contribution in [0.3, 0.4) is 0 Å². The maximum absolute atomic E-state index is 13.4. The van der Waals surface area contributed by atoms with Gasteiger partial charge in [-0.1, -0.05) is 19.6 Å². The lowest BCUT2D eigenvalue weighted by Crippen LogP contribution is -2.44. The Morgan fingerprint density at radius 2 is 2.09 bits per heavy atom. The standard InChI is InChI=1S/C24H36N6O3Si/c1-16-20(14-29(28-16)15-33-10-11-34(2,3)4)26-23-25-13-19-21(27-23)30(22(32)24(19)8-9-24)17-6-5-7-18(31)12-17/h13-14,17-18,31H,5-12,15H2,1-4H3,(H,25,26,27)/t17-,18-/m1/s1. The minimum atomic E-state index is -1.12. The van der Waals surface area contributed by atoms with Crippen LogP contribution in [0.25, 0.3) is 0 Å². The highest BCUT2D eigenvalue weighted by atomic mass is 28.3. The summed E-state index contributed by atoms with van der Waals surface area (Å²) in [5.74, 6) is 1.29. The fourth-order valence-electron chi connectivity index (χ4n) is 5.08. The number of hydrogen-bond donors (Lipinski definition) is 2. The normalized spacial score (nSPS) is 23.4. The second-order valence-corrected chi connectivity index (χ2v) is 16.9. The zero-order chi connectivity index (χ0) is 24.1. The van der Waals surface area contributed by atoms with Crippen LogP contribution < -0.4 is 10.2 Å². The first-order valence-electron chi connectivity index (χ1n) is 12.4. The molecule has 1 aliphatic heterocycles. The van der Waals surface area contributed by atoms with E-state index in [0.717, 1.165) is 61.7 Å². The van der Waals surface area contributed by atoms with Crippen molar-refractivity contribution in [3.63, 3.8) is 0 Å². The number of aromatic nitrogens is 4. The van der Waals surface area contributed by atoms with Crippen LogP contribution in [0.15, 0.2) is 12.4 Å². The Labute approximate surface area is 201 Å². The topological polar surface area (TPSA) is 105 Å². The Hall–Kier alpha value is -2.30. The highest BCUT2D eigenvalue weighted by Crippen LogP contribution is 2.57. The molecule has 0 aromatic carbocycles. The van der Waals surface area contributed by atoms with E-state index >= 15 is 0 Å². The van der Waals surface area contributed by atoms with Crippen molar-refractivity contribution in [2.75, 3.05) is 16.8 Å². The van der Waals surface area contributed by atoms with Crippen LogP contribution in [0.2, 0.25) is 25.7 Å². The number of anilines is 3. The molecule has 0 bridgehead atoms. The van der Waals surface area contributed by atoms with Gasteiger partial charge in [-0.05, 0) is 51.5 Å². The lowest BCUT2D eigenvalue weighted by Gasteiger charge is -2.33. The second-order valence-electron chi connectivity index (χ2n) is 11.3. The van der Waals surface area contributed by atoms with Crippen molar-refractivity contribution >= 4 is 31.4 Å². The summed E-state index contributed by atoms with van der Waals surface area (Å²) >= 11 is 0. The molecule has 5 rings (SSSR count). The van der Waals surface area contributed by atoms with E-state index in [9.17, 15) is 9.90 Å². The van der Waals surface area contributed by atoms with Crippen molar-refractivity contribution in [2.24, 2.45) is 0 Å². The largest absolute Gasteiger partial charge is 0.393 e. The fraction of sp³-hybridized carbons (Fsp3) is 0.667. The quantitative estimate of drug-likeness (QED) is 0.434. The van der Waals surface area contributed by atoms with E-state index in [2.05, 4.69) is 35.0 Å². The number of hydrogen-bond acceptors (Lipinski definition) is 7. The van der Waals surface area contributed by atoms with Gasteiger partial charge in [-0.3, -0.25) is 9.69 Å². The van der Waals surface area contributed by atoms with Crippen molar-refractivity contribution in [3.05, 3.63) is 23.7 Å². The van der Waals surface area contributed by atoms with Crippen molar-refractivity contribution < 1.29 is 14.6 Å². The third kappa shape index (κ3) is 4.50. The van der Waals surface area contributed by atoms with Gasteiger partial charge in [0.2, 0.25) is 11.9 Å². The molecule has 2 aliphatic carbocycles. The number of rotatable bonds is 8. The molecule has 2 fully saturated rings. The number of nitrogens with zero attached hydrogens (tertiary/aromatic N) is 5. The monoisotopic (exact) mass is 484 g/mol. The van der Waals surface area contributed by atoms with Gasteiger partial charge in [0.15, 0.2) is 0 Å². The van der Waals surface area contributed by atoms with E-state index < -0.39 is 13.5 Å². The minimum absolute atomic E-state index is 0.00415. The summed E-state index contributed by atoms with van der Waals surface area (Å²) in [5.41, 5.74) is 2.15. The molecule has 0 radical (unpaired) electrons. The maximum atomic E-state index is 13.4. The van der Waals surface area contributed by atoms with Crippen LogP contribution in [0.5, 0.6) is 0 Å². The summed E-state index contributed by atoms with van der Waals surface area (Å²) in [7, 11) is -1.12. The van der Waals surface area contributed by atoms with Gasteiger partial charge >= 0.3 is 0 Å². The summed E-state index contributed by atoms with van der Waals surface area (Å²) in [6.07, 6.45) is 8.30. The van der Waals surface area contributed by atoms with Gasteiger partial charge in [-0.15, -0.1) is 0 Å². The summed E-state index contributed by atoms with van der Waals surface area (Å²) < 4.78 is 7.60. The smallest absolute Gasteiger partial charge is 0.239 e. The van der Waals surface area contributed by atoms with Gasteiger partial charge in [0.05, 0.1) is 29.1 Å². The molecule has 10 heteroatoms. The number of nitrogens with one attached hydrogen (secondary N) is 1. The van der Waals surface area contributed by atoms with E-state index in [1.54, 1.807) is 4.68 Å². The third-order valence-electron chi connectivity index (χ3n) is 7.29. The number of fused-ring (bicyclic) bond motifs is 2. The first kappa shape index (κ1) is 23.4. The Kier molecular flexibility index (Phi) is 6.02. The average molecular weight is 485 g/mol. The first-order valence-corrected chi connectivity index (χ1v) is 16.2. The van der Waals surface area contributed by atoms with Crippen LogP contribution in [0.4, 0.5) is 17.5 Å². The molecule has 2 atom stereocenters. The van der Waals surface area contributed by atoms with Gasteiger partial charge in [0.1, 0.15) is 12.5 Å². The zero-order valence-corrected chi connectivity index (χ0v) is 21.7. The van der Waals surface area contributed by atoms with Gasteiger partial charge in [0, 0.05) is 32.5 Å². The molecule has 1 spiro atoms. The number of carbonyl (C=O) groups excluding carboxylic acids is 1. The van der Waals surface area contributed by atoms with Crippen LogP contribution >= 0.6 is 0 Å².